The van der Waals surface area contributed by atoms with Crippen molar-refractivity contribution in [2.75, 3.05) is 11.2 Å². The molecule has 2 rings (SSSR count). The lowest BCUT2D eigenvalue weighted by Gasteiger charge is -2.06. The summed E-state index contributed by atoms with van der Waals surface area (Å²) >= 11 is 5.68. The second-order valence-electron chi connectivity index (χ2n) is 4.35. The summed E-state index contributed by atoms with van der Waals surface area (Å²) in [5.74, 6) is 0.495. The van der Waals surface area contributed by atoms with Crippen molar-refractivity contribution in [1.82, 2.24) is 9.78 Å². The number of nitrogens with one attached hydrogen (secondary N) is 1. The van der Waals surface area contributed by atoms with Crippen LogP contribution in [0.1, 0.15) is 22.3 Å². The fourth-order valence-electron chi connectivity index (χ4n) is 1.82. The van der Waals surface area contributed by atoms with Gasteiger partial charge in [0, 0.05) is 24.8 Å². The second-order valence-corrected chi connectivity index (χ2v) is 4.73. The van der Waals surface area contributed by atoms with Gasteiger partial charge in [-0.1, -0.05) is 12.1 Å². The Bertz CT molecular complexity index is 565. The monoisotopic (exact) mass is 277 g/mol. The summed E-state index contributed by atoms with van der Waals surface area (Å²) in [7, 11) is 1.78. The Hall–Kier alpha value is -1.81. The van der Waals surface area contributed by atoms with Crippen LogP contribution in [-0.4, -0.2) is 21.6 Å². The zero-order chi connectivity index (χ0) is 13.7. The van der Waals surface area contributed by atoms with Crippen molar-refractivity contribution in [1.29, 1.82) is 0 Å². The first kappa shape index (κ1) is 13.6. The first-order valence-corrected chi connectivity index (χ1v) is 6.67. The number of rotatable bonds is 5. The zero-order valence-electron chi connectivity index (χ0n) is 10.8. The van der Waals surface area contributed by atoms with Crippen molar-refractivity contribution in [3.8, 4) is 0 Å². The van der Waals surface area contributed by atoms with E-state index >= 15 is 0 Å². The molecule has 0 unspecified atom stereocenters. The van der Waals surface area contributed by atoms with Crippen LogP contribution in [0.2, 0.25) is 0 Å². The molecule has 100 valence electrons. The Morgan fingerprint density at radius 1 is 1.47 bits per heavy atom. The second kappa shape index (κ2) is 6.38. The number of halogens is 1. The average Bonchev–Trinajstić information content (AvgIpc) is 2.83. The van der Waals surface area contributed by atoms with Gasteiger partial charge in [-0.25, -0.2) is 0 Å². The van der Waals surface area contributed by atoms with Crippen molar-refractivity contribution in [2.24, 2.45) is 7.05 Å². The normalized spacial score (nSPS) is 10.4. The molecule has 1 amide bonds. The zero-order valence-corrected chi connectivity index (χ0v) is 11.5. The van der Waals surface area contributed by atoms with Crippen LogP contribution in [0.25, 0.3) is 0 Å². The van der Waals surface area contributed by atoms with Crippen LogP contribution < -0.4 is 5.32 Å². The van der Waals surface area contributed by atoms with Crippen LogP contribution in [0.15, 0.2) is 36.7 Å². The Morgan fingerprint density at radius 2 is 2.32 bits per heavy atom. The van der Waals surface area contributed by atoms with E-state index in [1.54, 1.807) is 24.1 Å². The van der Waals surface area contributed by atoms with E-state index in [-0.39, 0.29) is 5.91 Å². The summed E-state index contributed by atoms with van der Waals surface area (Å²) in [4.78, 5) is 12.0. The molecule has 0 bridgehead atoms. The van der Waals surface area contributed by atoms with Crippen LogP contribution >= 0.6 is 11.6 Å². The van der Waals surface area contributed by atoms with E-state index < -0.39 is 0 Å². The van der Waals surface area contributed by atoms with E-state index in [2.05, 4.69) is 10.4 Å². The highest BCUT2D eigenvalue weighted by molar-refractivity contribution is 6.17. The van der Waals surface area contributed by atoms with Crippen LogP contribution in [0, 0.1) is 0 Å². The highest BCUT2D eigenvalue weighted by atomic mass is 35.5. The predicted octanol–water partition coefficient (Wildman–Crippen LogP) is 2.84. The molecule has 0 fully saturated rings. The largest absolute Gasteiger partial charge is 0.322 e. The summed E-state index contributed by atoms with van der Waals surface area (Å²) in [6.07, 6.45) is 5.08. The maximum Gasteiger partial charge on any atom is 0.258 e. The van der Waals surface area contributed by atoms with E-state index in [9.17, 15) is 4.79 Å². The number of nitrogens with zero attached hydrogens (tertiary/aromatic N) is 2. The van der Waals surface area contributed by atoms with Gasteiger partial charge in [-0.3, -0.25) is 9.48 Å². The quantitative estimate of drug-likeness (QED) is 0.854. The molecular weight excluding hydrogens is 262 g/mol. The number of aryl methyl sites for hydroxylation is 2. The molecule has 0 aliphatic heterocycles. The summed E-state index contributed by atoms with van der Waals surface area (Å²) in [5, 5.41) is 6.84. The molecular formula is C14H16ClN3O. The van der Waals surface area contributed by atoms with Crippen molar-refractivity contribution < 1.29 is 4.79 Å². The van der Waals surface area contributed by atoms with Gasteiger partial charge in [-0.05, 0) is 30.5 Å². The first-order valence-electron chi connectivity index (χ1n) is 6.14. The minimum atomic E-state index is -0.150. The molecule has 0 aliphatic rings. The third kappa shape index (κ3) is 3.83. The van der Waals surface area contributed by atoms with Crippen molar-refractivity contribution in [3.05, 3.63) is 47.8 Å². The topological polar surface area (TPSA) is 46.9 Å². The molecule has 1 heterocycles. The van der Waals surface area contributed by atoms with Gasteiger partial charge in [0.2, 0.25) is 0 Å². The predicted molar refractivity (Wildman–Crippen MR) is 76.6 cm³/mol. The summed E-state index contributed by atoms with van der Waals surface area (Å²) in [6, 6.07) is 7.81. The maximum atomic E-state index is 12.0. The number of anilines is 1. The average molecular weight is 278 g/mol. The minimum absolute atomic E-state index is 0.150. The standard InChI is InChI=1S/C14H16ClN3O/c1-18-10-12(9-16-18)14(19)17-13-6-2-4-11(8-13)5-3-7-15/h2,4,6,8-10H,3,5,7H2,1H3,(H,17,19). The van der Waals surface area contributed by atoms with Crippen LogP contribution in [0.4, 0.5) is 5.69 Å². The molecule has 5 heteroatoms. The van der Waals surface area contributed by atoms with E-state index in [0.29, 0.717) is 11.4 Å². The lowest BCUT2D eigenvalue weighted by atomic mass is 10.1. The summed E-state index contributed by atoms with van der Waals surface area (Å²) in [6.45, 7) is 0. The number of benzene rings is 1. The molecule has 0 radical (unpaired) electrons. The fourth-order valence-corrected chi connectivity index (χ4v) is 1.95. The Labute approximate surface area is 117 Å². The van der Waals surface area contributed by atoms with Gasteiger partial charge in [0.15, 0.2) is 0 Å². The minimum Gasteiger partial charge on any atom is -0.322 e. The van der Waals surface area contributed by atoms with E-state index in [1.807, 2.05) is 24.3 Å². The molecule has 0 saturated heterocycles. The Morgan fingerprint density at radius 3 is 3.00 bits per heavy atom. The maximum absolute atomic E-state index is 12.0. The number of carbonyl (C=O) groups excluding carboxylic acids is 1. The van der Waals surface area contributed by atoms with Gasteiger partial charge in [0.05, 0.1) is 11.8 Å². The van der Waals surface area contributed by atoms with Crippen molar-refractivity contribution in [2.45, 2.75) is 12.8 Å². The number of amides is 1. The Balaban J connectivity index is 2.04. The number of alkyl halides is 1. The number of hydrogen-bond donors (Lipinski definition) is 1. The molecule has 4 nitrogen and oxygen atoms in total. The van der Waals surface area contributed by atoms with Crippen LogP contribution in [-0.2, 0) is 13.5 Å². The van der Waals surface area contributed by atoms with Crippen LogP contribution in [0.5, 0.6) is 0 Å². The fraction of sp³-hybridized carbons (Fsp3) is 0.286. The van der Waals surface area contributed by atoms with Gasteiger partial charge >= 0.3 is 0 Å². The molecule has 1 aromatic carbocycles. The van der Waals surface area contributed by atoms with Gasteiger partial charge in [0.1, 0.15) is 0 Å². The van der Waals surface area contributed by atoms with Gasteiger partial charge in [0.25, 0.3) is 5.91 Å². The van der Waals surface area contributed by atoms with Gasteiger partial charge in [-0.15, -0.1) is 11.6 Å². The van der Waals surface area contributed by atoms with Gasteiger partial charge < -0.3 is 5.32 Å². The third-order valence-corrected chi connectivity index (χ3v) is 3.02. The highest BCUT2D eigenvalue weighted by Gasteiger charge is 2.08. The molecule has 1 N–H and O–H groups in total. The van der Waals surface area contributed by atoms with E-state index in [4.69, 9.17) is 11.6 Å². The molecule has 1 aromatic heterocycles. The SMILES string of the molecule is Cn1cc(C(=O)Nc2cccc(CCCCl)c2)cn1. The summed E-state index contributed by atoms with van der Waals surface area (Å²) in [5.41, 5.74) is 2.51. The number of hydrogen-bond acceptors (Lipinski definition) is 2. The van der Waals surface area contributed by atoms with Crippen molar-refractivity contribution in [3.63, 3.8) is 0 Å². The molecule has 0 aliphatic carbocycles. The number of aromatic nitrogens is 2. The Kier molecular flexibility index (Phi) is 4.58. The van der Waals surface area contributed by atoms with Crippen molar-refractivity contribution >= 4 is 23.2 Å². The number of carbonyl (C=O) groups is 1. The molecule has 19 heavy (non-hydrogen) atoms. The lowest BCUT2D eigenvalue weighted by Crippen LogP contribution is -2.11. The first-order chi connectivity index (χ1) is 9.19. The van der Waals surface area contributed by atoms with Crippen LogP contribution in [0.3, 0.4) is 0 Å². The molecule has 0 spiro atoms. The lowest BCUT2D eigenvalue weighted by molar-refractivity contribution is 0.102. The smallest absolute Gasteiger partial charge is 0.258 e. The van der Waals surface area contributed by atoms with E-state index in [1.165, 1.54) is 5.56 Å². The molecule has 0 saturated carbocycles. The molecule has 0 atom stereocenters. The molecule has 2 aromatic rings. The third-order valence-electron chi connectivity index (χ3n) is 2.75. The van der Waals surface area contributed by atoms with Gasteiger partial charge in [-0.2, -0.15) is 5.10 Å². The summed E-state index contributed by atoms with van der Waals surface area (Å²) < 4.78 is 1.60. The van der Waals surface area contributed by atoms with E-state index in [0.717, 1.165) is 18.5 Å². The highest BCUT2D eigenvalue weighted by Crippen LogP contribution is 2.13.